The lowest BCUT2D eigenvalue weighted by atomic mass is 9.87. The minimum atomic E-state index is -0.282. The smallest absolute Gasteiger partial charge is 0.224 e. The van der Waals surface area contributed by atoms with Crippen molar-refractivity contribution in [3.63, 3.8) is 0 Å². The Morgan fingerprint density at radius 2 is 1.65 bits per heavy atom. The van der Waals surface area contributed by atoms with E-state index < -0.39 is 0 Å². The summed E-state index contributed by atoms with van der Waals surface area (Å²) in [5.74, 6) is 0.294. The van der Waals surface area contributed by atoms with Crippen LogP contribution in [0.1, 0.15) is 44.1 Å². The van der Waals surface area contributed by atoms with Gasteiger partial charge in [-0.25, -0.2) is 4.39 Å². The molecule has 3 rings (SSSR count). The number of hydrogen-bond acceptors (Lipinski definition) is 3. The zero-order chi connectivity index (χ0) is 18.6. The summed E-state index contributed by atoms with van der Waals surface area (Å²) in [7, 11) is 0. The largest absolute Gasteiger partial charge is 0.326 e. The molecular formula is C21H25FN2O2. The Morgan fingerprint density at radius 3 is 2.27 bits per heavy atom. The number of anilines is 1. The van der Waals surface area contributed by atoms with Crippen molar-refractivity contribution in [3.05, 3.63) is 70.9 Å². The van der Waals surface area contributed by atoms with Gasteiger partial charge in [0.05, 0.1) is 0 Å². The van der Waals surface area contributed by atoms with Crippen LogP contribution in [0.2, 0.25) is 0 Å². The van der Waals surface area contributed by atoms with E-state index in [1.807, 2.05) is 30.3 Å². The SMILES string of the molecule is O=C(CC1CCCCC1)Nc1ccc(F)cc1.O=NCc1ccccc1. The van der Waals surface area contributed by atoms with Crippen molar-refractivity contribution < 1.29 is 9.18 Å². The van der Waals surface area contributed by atoms with E-state index in [1.165, 1.54) is 31.4 Å². The van der Waals surface area contributed by atoms with E-state index in [-0.39, 0.29) is 18.3 Å². The van der Waals surface area contributed by atoms with Crippen molar-refractivity contribution in [2.24, 2.45) is 11.1 Å². The summed E-state index contributed by atoms with van der Waals surface area (Å²) in [4.78, 5) is 21.5. The highest BCUT2D eigenvalue weighted by atomic mass is 19.1. The van der Waals surface area contributed by atoms with E-state index in [1.54, 1.807) is 12.1 Å². The van der Waals surface area contributed by atoms with Gasteiger partial charge in [-0.05, 0) is 48.6 Å². The van der Waals surface area contributed by atoms with Crippen LogP contribution in [-0.4, -0.2) is 5.91 Å². The van der Waals surface area contributed by atoms with Crippen LogP contribution in [0.3, 0.4) is 0 Å². The monoisotopic (exact) mass is 356 g/mol. The van der Waals surface area contributed by atoms with Crippen molar-refractivity contribution in [2.45, 2.75) is 45.1 Å². The van der Waals surface area contributed by atoms with Gasteiger partial charge in [0.2, 0.25) is 5.91 Å². The molecule has 0 aromatic heterocycles. The molecule has 26 heavy (non-hydrogen) atoms. The highest BCUT2D eigenvalue weighted by Crippen LogP contribution is 2.26. The third-order valence-corrected chi connectivity index (χ3v) is 4.42. The zero-order valence-electron chi connectivity index (χ0n) is 14.9. The van der Waals surface area contributed by atoms with Gasteiger partial charge >= 0.3 is 0 Å². The summed E-state index contributed by atoms with van der Waals surface area (Å²) in [6.45, 7) is 0.279. The van der Waals surface area contributed by atoms with Gasteiger partial charge in [-0.1, -0.05) is 54.8 Å². The molecular weight excluding hydrogens is 331 g/mol. The van der Waals surface area contributed by atoms with Crippen molar-refractivity contribution in [1.82, 2.24) is 0 Å². The molecule has 2 aromatic rings. The van der Waals surface area contributed by atoms with E-state index in [0.717, 1.165) is 18.4 Å². The van der Waals surface area contributed by atoms with Crippen LogP contribution in [0.4, 0.5) is 10.1 Å². The molecule has 1 aliphatic carbocycles. The molecule has 1 N–H and O–H groups in total. The molecule has 1 amide bonds. The highest BCUT2D eigenvalue weighted by Gasteiger charge is 2.16. The molecule has 0 saturated heterocycles. The Bertz CT molecular complexity index is 668. The molecule has 138 valence electrons. The van der Waals surface area contributed by atoms with Gasteiger partial charge in [0.1, 0.15) is 12.4 Å². The van der Waals surface area contributed by atoms with Crippen LogP contribution < -0.4 is 5.32 Å². The van der Waals surface area contributed by atoms with Gasteiger partial charge < -0.3 is 5.32 Å². The van der Waals surface area contributed by atoms with Gasteiger partial charge in [0, 0.05) is 12.1 Å². The Morgan fingerprint density at radius 1 is 1.00 bits per heavy atom. The molecule has 0 aliphatic heterocycles. The first-order valence-electron chi connectivity index (χ1n) is 9.06. The molecule has 0 bridgehead atoms. The Balaban J connectivity index is 0.000000228. The number of nitrogens with zero attached hydrogens (tertiary/aromatic N) is 1. The number of halogens is 1. The lowest BCUT2D eigenvalue weighted by molar-refractivity contribution is -0.117. The molecule has 0 atom stereocenters. The first-order valence-corrected chi connectivity index (χ1v) is 9.06. The van der Waals surface area contributed by atoms with Crippen molar-refractivity contribution in [1.29, 1.82) is 0 Å². The number of amides is 1. The number of carbonyl (C=O) groups is 1. The van der Waals surface area contributed by atoms with Gasteiger partial charge in [0.15, 0.2) is 0 Å². The fourth-order valence-corrected chi connectivity index (χ4v) is 3.06. The number of nitrogens with one attached hydrogen (secondary N) is 1. The maximum absolute atomic E-state index is 12.7. The van der Waals surface area contributed by atoms with E-state index >= 15 is 0 Å². The van der Waals surface area contributed by atoms with Gasteiger partial charge in [-0.3, -0.25) is 4.79 Å². The number of hydrogen-bond donors (Lipinski definition) is 1. The summed E-state index contributed by atoms with van der Waals surface area (Å²) >= 11 is 0. The lowest BCUT2D eigenvalue weighted by Crippen LogP contribution is -2.18. The standard InChI is InChI=1S/C14H18FNO.C7H7NO/c15-12-6-8-13(9-7-12)16-14(17)10-11-4-2-1-3-5-11;9-8-6-7-4-2-1-3-5-7/h6-9,11H,1-5,10H2,(H,16,17);1-5H,6H2. The van der Waals surface area contributed by atoms with E-state index in [2.05, 4.69) is 10.5 Å². The van der Waals surface area contributed by atoms with E-state index in [4.69, 9.17) is 0 Å². The maximum Gasteiger partial charge on any atom is 0.224 e. The minimum Gasteiger partial charge on any atom is -0.326 e. The van der Waals surface area contributed by atoms with Crippen LogP contribution in [-0.2, 0) is 11.3 Å². The maximum atomic E-state index is 12.7. The molecule has 0 heterocycles. The zero-order valence-corrected chi connectivity index (χ0v) is 14.9. The Labute approximate surface area is 153 Å². The summed E-state index contributed by atoms with van der Waals surface area (Å²) in [5.41, 5.74) is 1.64. The first-order chi connectivity index (χ1) is 12.7. The van der Waals surface area contributed by atoms with Gasteiger partial charge in [0.25, 0.3) is 0 Å². The molecule has 2 aromatic carbocycles. The second-order valence-corrected chi connectivity index (χ2v) is 6.54. The fraction of sp³-hybridized carbons (Fsp3) is 0.381. The molecule has 0 radical (unpaired) electrons. The number of benzene rings is 2. The van der Waals surface area contributed by atoms with Crippen molar-refractivity contribution in [2.75, 3.05) is 5.32 Å². The summed E-state index contributed by atoms with van der Waals surface area (Å²) in [5, 5.41) is 5.57. The summed E-state index contributed by atoms with van der Waals surface area (Å²) in [6, 6.07) is 15.3. The average Bonchev–Trinajstić information content (AvgIpc) is 2.66. The van der Waals surface area contributed by atoms with Gasteiger partial charge in [-0.2, -0.15) is 4.91 Å². The van der Waals surface area contributed by atoms with Crippen LogP contribution in [0.25, 0.3) is 0 Å². The van der Waals surface area contributed by atoms with Crippen LogP contribution in [0.5, 0.6) is 0 Å². The third kappa shape index (κ3) is 7.55. The van der Waals surface area contributed by atoms with Crippen molar-refractivity contribution >= 4 is 11.6 Å². The Hall–Kier alpha value is -2.56. The normalized spacial score (nSPS) is 14.0. The van der Waals surface area contributed by atoms with E-state index in [0.29, 0.717) is 18.0 Å². The first kappa shape index (κ1) is 19.8. The molecule has 0 unspecified atom stereocenters. The van der Waals surface area contributed by atoms with Crippen LogP contribution in [0, 0.1) is 16.6 Å². The number of carbonyl (C=O) groups excluding carboxylic acids is 1. The third-order valence-electron chi connectivity index (χ3n) is 4.42. The van der Waals surface area contributed by atoms with Gasteiger partial charge in [-0.15, -0.1) is 0 Å². The molecule has 1 fully saturated rings. The van der Waals surface area contributed by atoms with Crippen LogP contribution >= 0.6 is 0 Å². The topological polar surface area (TPSA) is 58.5 Å². The second-order valence-electron chi connectivity index (χ2n) is 6.54. The summed E-state index contributed by atoms with van der Waals surface area (Å²) in [6.07, 6.45) is 6.71. The molecule has 4 nitrogen and oxygen atoms in total. The predicted octanol–water partition coefficient (Wildman–Crippen LogP) is 5.69. The Kier molecular flexibility index (Phi) is 8.46. The average molecular weight is 356 g/mol. The predicted molar refractivity (Wildman–Crippen MR) is 102 cm³/mol. The fourth-order valence-electron chi connectivity index (χ4n) is 3.06. The molecule has 0 spiro atoms. The van der Waals surface area contributed by atoms with Crippen LogP contribution in [0.15, 0.2) is 59.8 Å². The molecule has 5 heteroatoms. The number of nitroso groups, excluding NO2 is 1. The highest BCUT2D eigenvalue weighted by molar-refractivity contribution is 5.90. The lowest BCUT2D eigenvalue weighted by Gasteiger charge is -2.20. The quantitative estimate of drug-likeness (QED) is 0.700. The van der Waals surface area contributed by atoms with Crippen molar-refractivity contribution in [3.8, 4) is 0 Å². The molecule has 1 saturated carbocycles. The number of rotatable bonds is 5. The van der Waals surface area contributed by atoms with E-state index in [9.17, 15) is 14.1 Å². The minimum absolute atomic E-state index is 0.0449. The second kappa shape index (κ2) is 11.1. The summed E-state index contributed by atoms with van der Waals surface area (Å²) < 4.78 is 12.7. The molecule has 1 aliphatic rings.